The average Bonchev–Trinajstić information content (AvgIpc) is 2.84. The smallest absolute Gasteiger partial charge is 0.330 e. The Morgan fingerprint density at radius 2 is 2.04 bits per heavy atom. The van der Waals surface area contributed by atoms with E-state index in [0.717, 1.165) is 16.6 Å². The molecule has 23 heavy (non-hydrogen) atoms. The highest BCUT2D eigenvalue weighted by atomic mass is 16.4. The van der Waals surface area contributed by atoms with Gasteiger partial charge in [-0.1, -0.05) is 32.9 Å². The minimum atomic E-state index is -1.10. The summed E-state index contributed by atoms with van der Waals surface area (Å²) in [4.78, 5) is 30.7. The van der Waals surface area contributed by atoms with Gasteiger partial charge in [-0.25, -0.2) is 4.79 Å². The fourth-order valence-electron chi connectivity index (χ4n) is 2.05. The molecule has 6 heteroatoms. The third-order valence-corrected chi connectivity index (χ3v) is 3.23. The number of aromatic amines is 1. The minimum Gasteiger partial charge on any atom is -0.479 e. The van der Waals surface area contributed by atoms with Gasteiger partial charge in [0.25, 0.3) is 5.91 Å². The summed E-state index contributed by atoms with van der Waals surface area (Å²) in [6.07, 6.45) is 4.94. The van der Waals surface area contributed by atoms with Crippen LogP contribution in [-0.4, -0.2) is 33.0 Å². The van der Waals surface area contributed by atoms with Gasteiger partial charge in [0, 0.05) is 22.8 Å². The highest BCUT2D eigenvalue weighted by Gasteiger charge is 2.20. The lowest BCUT2D eigenvalue weighted by molar-refractivity contribution is -0.137. The molecule has 0 bridgehead atoms. The van der Waals surface area contributed by atoms with Gasteiger partial charge in [0.15, 0.2) is 0 Å². The van der Waals surface area contributed by atoms with Gasteiger partial charge >= 0.3 is 5.97 Å². The number of hydrogen-bond donors (Lipinski definition) is 3. The van der Waals surface area contributed by atoms with E-state index in [9.17, 15) is 14.7 Å². The molecule has 0 aliphatic carbocycles. The summed E-state index contributed by atoms with van der Waals surface area (Å²) in [5.41, 5.74) is 1.77. The van der Waals surface area contributed by atoms with Crippen molar-refractivity contribution in [2.75, 3.05) is 0 Å². The number of nitrogens with zero attached hydrogens (tertiary/aromatic N) is 1. The number of aromatic nitrogens is 2. The minimum absolute atomic E-state index is 0.164. The van der Waals surface area contributed by atoms with Gasteiger partial charge in [0.2, 0.25) is 0 Å². The molecule has 2 heterocycles. The van der Waals surface area contributed by atoms with E-state index < -0.39 is 17.9 Å². The van der Waals surface area contributed by atoms with Crippen LogP contribution >= 0.6 is 0 Å². The summed E-state index contributed by atoms with van der Waals surface area (Å²) in [7, 11) is 0. The Hall–Kier alpha value is -2.63. The highest BCUT2D eigenvalue weighted by molar-refractivity contribution is 5.99. The zero-order valence-electron chi connectivity index (χ0n) is 13.7. The Morgan fingerprint density at radius 1 is 1.35 bits per heavy atom. The van der Waals surface area contributed by atoms with Crippen molar-refractivity contribution >= 4 is 22.8 Å². The van der Waals surface area contributed by atoms with E-state index >= 15 is 0 Å². The molecule has 0 saturated carbocycles. The van der Waals surface area contributed by atoms with Crippen molar-refractivity contribution in [1.29, 1.82) is 0 Å². The fraction of sp³-hybridized carbons (Fsp3) is 0.353. The molecule has 122 valence electrons. The van der Waals surface area contributed by atoms with Gasteiger partial charge in [0.1, 0.15) is 11.7 Å². The summed E-state index contributed by atoms with van der Waals surface area (Å²) < 4.78 is 0. The number of H-pyrrole nitrogens is 1. The molecule has 0 aliphatic heterocycles. The maximum atomic E-state index is 12.3. The van der Waals surface area contributed by atoms with Crippen LogP contribution in [0.2, 0.25) is 0 Å². The van der Waals surface area contributed by atoms with Crippen molar-refractivity contribution in [3.8, 4) is 0 Å². The summed E-state index contributed by atoms with van der Waals surface area (Å²) >= 11 is 0. The molecule has 6 nitrogen and oxygen atoms in total. The monoisotopic (exact) mass is 315 g/mol. The first kappa shape index (κ1) is 16.7. The molecule has 1 unspecified atom stereocenters. The number of carbonyl (C=O) groups is 2. The van der Waals surface area contributed by atoms with Crippen molar-refractivity contribution < 1.29 is 14.7 Å². The second-order valence-corrected chi connectivity index (χ2v) is 6.61. The molecule has 0 aliphatic rings. The Morgan fingerprint density at radius 3 is 2.65 bits per heavy atom. The van der Waals surface area contributed by atoms with Gasteiger partial charge in [-0.05, 0) is 24.5 Å². The van der Waals surface area contributed by atoms with E-state index in [4.69, 9.17) is 0 Å². The summed E-state index contributed by atoms with van der Waals surface area (Å²) in [6.45, 7) is 7.73. The van der Waals surface area contributed by atoms with Crippen LogP contribution in [0.3, 0.4) is 0 Å². The molecule has 0 aromatic carbocycles. The van der Waals surface area contributed by atoms with E-state index in [0.29, 0.717) is 5.69 Å². The van der Waals surface area contributed by atoms with Gasteiger partial charge in [-0.15, -0.1) is 0 Å². The zero-order chi connectivity index (χ0) is 17.2. The summed E-state index contributed by atoms with van der Waals surface area (Å²) in [5.74, 6) is -1.57. The molecule has 1 amide bonds. The van der Waals surface area contributed by atoms with Crippen molar-refractivity contribution in [3.63, 3.8) is 0 Å². The van der Waals surface area contributed by atoms with Crippen LogP contribution in [0, 0.1) is 12.3 Å². The van der Waals surface area contributed by atoms with E-state index in [1.165, 1.54) is 6.08 Å². The molecule has 0 spiro atoms. The average molecular weight is 315 g/mol. The molecule has 3 N–H and O–H groups in total. The number of aryl methyl sites for hydroxylation is 1. The highest BCUT2D eigenvalue weighted by Crippen LogP contribution is 2.16. The first-order valence-corrected chi connectivity index (χ1v) is 7.34. The van der Waals surface area contributed by atoms with Crippen LogP contribution in [0.5, 0.6) is 0 Å². The molecule has 0 fully saturated rings. The van der Waals surface area contributed by atoms with Crippen molar-refractivity contribution in [1.82, 2.24) is 15.3 Å². The van der Waals surface area contributed by atoms with Crippen molar-refractivity contribution in [2.24, 2.45) is 5.41 Å². The predicted octanol–water partition coefficient (Wildman–Crippen LogP) is 2.66. The number of nitrogens with one attached hydrogen (secondary N) is 2. The van der Waals surface area contributed by atoms with Crippen LogP contribution in [0.25, 0.3) is 10.9 Å². The number of carbonyl (C=O) groups excluding carboxylic acids is 1. The van der Waals surface area contributed by atoms with Crippen molar-refractivity contribution in [2.45, 2.75) is 33.7 Å². The summed E-state index contributed by atoms with van der Waals surface area (Å²) in [6, 6.07) is 2.41. The largest absolute Gasteiger partial charge is 0.479 e. The Bertz CT molecular complexity index is 769. The van der Waals surface area contributed by atoms with Crippen LogP contribution in [0.1, 0.15) is 37.0 Å². The Kier molecular flexibility index (Phi) is 4.54. The lowest BCUT2D eigenvalue weighted by Crippen LogP contribution is -2.39. The number of hydrogen-bond acceptors (Lipinski definition) is 3. The number of carboxylic acids is 1. The molecule has 2 aromatic heterocycles. The third-order valence-electron chi connectivity index (χ3n) is 3.23. The predicted molar refractivity (Wildman–Crippen MR) is 88.3 cm³/mol. The van der Waals surface area contributed by atoms with Crippen LogP contribution in [0.15, 0.2) is 30.5 Å². The van der Waals surface area contributed by atoms with Crippen molar-refractivity contribution in [3.05, 3.63) is 41.9 Å². The number of pyridine rings is 1. The second-order valence-electron chi connectivity index (χ2n) is 6.61. The number of allylic oxidation sites excluding steroid dienone is 1. The molecule has 0 saturated heterocycles. The lowest BCUT2D eigenvalue weighted by Gasteiger charge is -2.14. The number of fused-ring (bicyclic) bond motifs is 1. The normalized spacial score (nSPS) is 13.4. The summed E-state index contributed by atoms with van der Waals surface area (Å²) in [5, 5.41) is 12.6. The number of amides is 1. The molecule has 0 radical (unpaired) electrons. The SMILES string of the molecule is Cc1cc2[nH]c(C(=O)NC(/C=C/C(C)(C)C)C(=O)O)cc2cn1. The van der Waals surface area contributed by atoms with Gasteiger partial charge in [0.05, 0.1) is 0 Å². The Labute approximate surface area is 134 Å². The topological polar surface area (TPSA) is 95.1 Å². The van der Waals surface area contributed by atoms with E-state index in [1.54, 1.807) is 18.3 Å². The standard InChI is InChI=1S/C17H21N3O3/c1-10-7-13-11(9-18-10)8-14(19-13)15(21)20-12(16(22)23)5-6-17(2,3)4/h5-9,12,19H,1-4H3,(H,20,21)(H,22,23)/b6-5+. The molecule has 1 atom stereocenters. The van der Waals surface area contributed by atoms with E-state index in [2.05, 4.69) is 15.3 Å². The number of rotatable bonds is 4. The lowest BCUT2D eigenvalue weighted by atomic mass is 9.95. The number of aliphatic carboxylic acids is 1. The molecular formula is C17H21N3O3. The van der Waals surface area contributed by atoms with E-state index in [1.807, 2.05) is 33.8 Å². The molecule has 2 aromatic rings. The first-order chi connectivity index (χ1) is 10.7. The molecule has 2 rings (SSSR count). The van der Waals surface area contributed by atoms with Gasteiger partial charge in [-0.3, -0.25) is 9.78 Å². The Balaban J connectivity index is 2.20. The van der Waals surface area contributed by atoms with Crippen LogP contribution in [0.4, 0.5) is 0 Å². The number of carboxylic acid groups (broad SMARTS) is 1. The van der Waals surface area contributed by atoms with Crippen LogP contribution < -0.4 is 5.32 Å². The van der Waals surface area contributed by atoms with Gasteiger partial charge in [-0.2, -0.15) is 0 Å². The van der Waals surface area contributed by atoms with Gasteiger partial charge < -0.3 is 15.4 Å². The maximum Gasteiger partial charge on any atom is 0.330 e. The van der Waals surface area contributed by atoms with E-state index in [-0.39, 0.29) is 5.41 Å². The third kappa shape index (κ3) is 4.42. The second kappa shape index (κ2) is 6.24. The molecular weight excluding hydrogens is 294 g/mol. The van der Waals surface area contributed by atoms with Crippen LogP contribution in [-0.2, 0) is 4.79 Å². The fourth-order valence-corrected chi connectivity index (χ4v) is 2.05. The maximum absolute atomic E-state index is 12.3. The first-order valence-electron chi connectivity index (χ1n) is 7.34. The quantitative estimate of drug-likeness (QED) is 0.756. The zero-order valence-corrected chi connectivity index (χ0v) is 13.7.